The van der Waals surface area contributed by atoms with Crippen LogP contribution in [0.2, 0.25) is 5.02 Å². The highest BCUT2D eigenvalue weighted by Gasteiger charge is 2.30. The zero-order valence-electron chi connectivity index (χ0n) is 11.6. The highest BCUT2D eigenvalue weighted by atomic mass is 35.5. The molecule has 1 saturated heterocycles. The van der Waals surface area contributed by atoms with E-state index in [1.807, 2.05) is 13.8 Å². The third-order valence-corrected chi connectivity index (χ3v) is 3.58. The first kappa shape index (κ1) is 14.8. The Morgan fingerprint density at radius 1 is 1.35 bits per heavy atom. The lowest BCUT2D eigenvalue weighted by Gasteiger charge is -2.28. The van der Waals surface area contributed by atoms with Crippen molar-refractivity contribution in [2.45, 2.75) is 33.2 Å². The lowest BCUT2D eigenvalue weighted by Crippen LogP contribution is -2.42. The van der Waals surface area contributed by atoms with Gasteiger partial charge in [0.25, 0.3) is 0 Å². The van der Waals surface area contributed by atoms with Gasteiger partial charge in [0.2, 0.25) is 11.8 Å². The van der Waals surface area contributed by atoms with Crippen molar-refractivity contribution in [3.05, 3.63) is 22.8 Å². The highest BCUT2D eigenvalue weighted by molar-refractivity contribution is 6.31. The van der Waals surface area contributed by atoms with E-state index in [1.54, 1.807) is 12.1 Å². The van der Waals surface area contributed by atoms with Gasteiger partial charge in [0, 0.05) is 19.4 Å². The largest absolute Gasteiger partial charge is 0.370 e. The number of carbonyl (C=O) groups excluding carboxylic acids is 2. The summed E-state index contributed by atoms with van der Waals surface area (Å²) in [5, 5.41) is 3.55. The van der Waals surface area contributed by atoms with Gasteiger partial charge in [-0.3, -0.25) is 14.5 Å². The Labute approximate surface area is 123 Å². The van der Waals surface area contributed by atoms with Gasteiger partial charge in [0.05, 0.1) is 17.3 Å². The molecule has 5 nitrogen and oxygen atoms in total. The van der Waals surface area contributed by atoms with Crippen LogP contribution in [0.1, 0.15) is 32.4 Å². The van der Waals surface area contributed by atoms with E-state index in [1.165, 1.54) is 4.90 Å². The zero-order chi connectivity index (χ0) is 14.7. The van der Waals surface area contributed by atoms with Crippen molar-refractivity contribution in [1.29, 1.82) is 0 Å². The zero-order valence-corrected chi connectivity index (χ0v) is 12.4. The van der Waals surface area contributed by atoms with E-state index in [2.05, 4.69) is 10.3 Å². The van der Waals surface area contributed by atoms with Gasteiger partial charge in [-0.15, -0.1) is 0 Å². The molecular formula is C14H18ClN3O2. The predicted molar refractivity (Wildman–Crippen MR) is 77.4 cm³/mol. The number of amides is 2. The van der Waals surface area contributed by atoms with Crippen LogP contribution in [0.4, 0.5) is 5.82 Å². The van der Waals surface area contributed by atoms with Crippen LogP contribution in [0.3, 0.4) is 0 Å². The topological polar surface area (TPSA) is 62.3 Å². The van der Waals surface area contributed by atoms with Crippen molar-refractivity contribution >= 4 is 29.2 Å². The maximum Gasteiger partial charge on any atom is 0.229 e. The predicted octanol–water partition coefficient (Wildman–Crippen LogP) is 2.45. The minimum Gasteiger partial charge on any atom is -0.370 e. The summed E-state index contributed by atoms with van der Waals surface area (Å²) in [4.78, 5) is 29.5. The Bertz CT molecular complexity index is 515. The lowest BCUT2D eigenvalue weighted by molar-refractivity contribution is -0.150. The van der Waals surface area contributed by atoms with Gasteiger partial charge in [0.15, 0.2) is 0 Å². The number of halogens is 1. The minimum atomic E-state index is -0.152. The number of rotatable bonds is 4. The summed E-state index contributed by atoms with van der Waals surface area (Å²) in [5.74, 6) is 0.501. The number of carbonyl (C=O) groups is 2. The molecule has 1 N–H and O–H groups in total. The summed E-state index contributed by atoms with van der Waals surface area (Å²) in [6.07, 6.45) is 0.798. The standard InChI is InChI=1S/C14H18ClN3O2/c1-3-16-12-5-4-10(15)11(17-12)8-18-13(19)6-9(2)7-14(18)20/h4-5,9H,3,6-8H2,1-2H3,(H,16,17). The molecule has 0 saturated carbocycles. The van der Waals surface area contributed by atoms with Crippen LogP contribution in [0.25, 0.3) is 0 Å². The SMILES string of the molecule is CCNc1ccc(Cl)c(CN2C(=O)CC(C)CC2=O)n1. The summed E-state index contributed by atoms with van der Waals surface area (Å²) in [6, 6.07) is 3.50. The van der Waals surface area contributed by atoms with Crippen molar-refractivity contribution in [3.8, 4) is 0 Å². The van der Waals surface area contributed by atoms with Gasteiger partial charge in [-0.25, -0.2) is 4.98 Å². The van der Waals surface area contributed by atoms with Crippen LogP contribution in [-0.2, 0) is 16.1 Å². The molecule has 0 aromatic carbocycles. The van der Waals surface area contributed by atoms with Crippen molar-refractivity contribution in [2.75, 3.05) is 11.9 Å². The first-order chi connectivity index (χ1) is 9.51. The number of anilines is 1. The van der Waals surface area contributed by atoms with Crippen LogP contribution in [0.5, 0.6) is 0 Å². The van der Waals surface area contributed by atoms with E-state index in [0.29, 0.717) is 29.4 Å². The van der Waals surface area contributed by atoms with Gasteiger partial charge in [-0.05, 0) is 25.0 Å². The van der Waals surface area contributed by atoms with Crippen LogP contribution in [0, 0.1) is 5.92 Å². The van der Waals surface area contributed by atoms with E-state index in [0.717, 1.165) is 6.54 Å². The Hall–Kier alpha value is -1.62. The van der Waals surface area contributed by atoms with E-state index in [-0.39, 0.29) is 24.3 Å². The maximum atomic E-state index is 12.0. The van der Waals surface area contributed by atoms with Crippen molar-refractivity contribution in [3.63, 3.8) is 0 Å². The summed E-state index contributed by atoms with van der Waals surface area (Å²) >= 11 is 6.10. The van der Waals surface area contributed by atoms with E-state index in [9.17, 15) is 9.59 Å². The smallest absolute Gasteiger partial charge is 0.229 e. The second kappa shape index (κ2) is 6.22. The summed E-state index contributed by atoms with van der Waals surface area (Å²) < 4.78 is 0. The number of aromatic nitrogens is 1. The number of nitrogens with one attached hydrogen (secondary N) is 1. The van der Waals surface area contributed by atoms with Gasteiger partial charge in [-0.1, -0.05) is 18.5 Å². The van der Waals surface area contributed by atoms with Crippen molar-refractivity contribution in [2.24, 2.45) is 5.92 Å². The minimum absolute atomic E-state index is 0.114. The van der Waals surface area contributed by atoms with Crippen LogP contribution in [-0.4, -0.2) is 28.2 Å². The molecule has 6 heteroatoms. The molecule has 0 unspecified atom stereocenters. The molecule has 1 aliphatic rings. The molecule has 0 bridgehead atoms. The van der Waals surface area contributed by atoms with Gasteiger partial charge >= 0.3 is 0 Å². The summed E-state index contributed by atoms with van der Waals surface area (Å²) in [6.45, 7) is 4.76. The number of pyridine rings is 1. The fourth-order valence-corrected chi connectivity index (χ4v) is 2.39. The first-order valence-electron chi connectivity index (χ1n) is 6.73. The first-order valence-corrected chi connectivity index (χ1v) is 7.11. The Kier molecular flexibility index (Phi) is 4.60. The molecule has 1 fully saturated rings. The molecule has 0 radical (unpaired) electrons. The third-order valence-electron chi connectivity index (χ3n) is 3.23. The number of hydrogen-bond donors (Lipinski definition) is 1. The van der Waals surface area contributed by atoms with E-state index < -0.39 is 0 Å². The Balaban J connectivity index is 2.18. The fourth-order valence-electron chi connectivity index (χ4n) is 2.23. The Morgan fingerprint density at radius 2 is 2.00 bits per heavy atom. The Morgan fingerprint density at radius 3 is 2.60 bits per heavy atom. The third kappa shape index (κ3) is 3.28. The number of nitrogens with zero attached hydrogens (tertiary/aromatic N) is 2. The monoisotopic (exact) mass is 295 g/mol. The second-order valence-corrected chi connectivity index (χ2v) is 5.45. The molecule has 20 heavy (non-hydrogen) atoms. The average Bonchev–Trinajstić information content (AvgIpc) is 2.37. The van der Waals surface area contributed by atoms with Crippen LogP contribution in [0.15, 0.2) is 12.1 Å². The molecule has 0 atom stereocenters. The molecule has 1 aliphatic heterocycles. The highest BCUT2D eigenvalue weighted by Crippen LogP contribution is 2.23. The second-order valence-electron chi connectivity index (χ2n) is 5.04. The molecule has 0 spiro atoms. The van der Waals surface area contributed by atoms with E-state index >= 15 is 0 Å². The van der Waals surface area contributed by atoms with E-state index in [4.69, 9.17) is 11.6 Å². The molecule has 2 amide bonds. The molecule has 1 aromatic rings. The molecule has 1 aromatic heterocycles. The number of imide groups is 1. The van der Waals surface area contributed by atoms with Gasteiger partial charge in [-0.2, -0.15) is 0 Å². The van der Waals surface area contributed by atoms with Crippen LogP contribution < -0.4 is 5.32 Å². The molecule has 0 aliphatic carbocycles. The molecular weight excluding hydrogens is 278 g/mol. The fraction of sp³-hybridized carbons (Fsp3) is 0.500. The normalized spacial score (nSPS) is 16.6. The van der Waals surface area contributed by atoms with Crippen molar-refractivity contribution < 1.29 is 9.59 Å². The molecule has 108 valence electrons. The van der Waals surface area contributed by atoms with Crippen molar-refractivity contribution in [1.82, 2.24) is 9.88 Å². The molecule has 2 rings (SSSR count). The lowest BCUT2D eigenvalue weighted by atomic mass is 9.97. The summed E-state index contributed by atoms with van der Waals surface area (Å²) in [7, 11) is 0. The number of hydrogen-bond acceptors (Lipinski definition) is 4. The quantitative estimate of drug-likeness (QED) is 0.867. The summed E-state index contributed by atoms with van der Waals surface area (Å²) in [5.41, 5.74) is 0.543. The van der Waals surface area contributed by atoms with Crippen LogP contribution >= 0.6 is 11.6 Å². The van der Waals surface area contributed by atoms with Gasteiger partial charge in [0.1, 0.15) is 5.82 Å². The number of likely N-dealkylation sites (tertiary alicyclic amines) is 1. The average molecular weight is 296 g/mol. The number of piperidine rings is 1. The van der Waals surface area contributed by atoms with Gasteiger partial charge < -0.3 is 5.32 Å². The maximum absolute atomic E-state index is 12.0. The molecule has 2 heterocycles.